The van der Waals surface area contributed by atoms with Gasteiger partial charge in [-0.2, -0.15) is 0 Å². The molecule has 0 bridgehead atoms. The first-order valence-electron chi connectivity index (χ1n) is 17.0. The van der Waals surface area contributed by atoms with E-state index in [2.05, 4.69) is 10.3 Å². The Balaban J connectivity index is 0.790. The van der Waals surface area contributed by atoms with Crippen molar-refractivity contribution in [2.24, 2.45) is 0 Å². The van der Waals surface area contributed by atoms with Crippen molar-refractivity contribution in [3.05, 3.63) is 141 Å². The lowest BCUT2D eigenvalue weighted by molar-refractivity contribution is 0.0923. The summed E-state index contributed by atoms with van der Waals surface area (Å²) in [5, 5.41) is 9.59. The van der Waals surface area contributed by atoms with Crippen LogP contribution in [-0.4, -0.2) is 41.4 Å². The van der Waals surface area contributed by atoms with Crippen molar-refractivity contribution in [3.63, 3.8) is 0 Å². The normalized spacial score (nSPS) is 11.3. The molecule has 10 nitrogen and oxygen atoms in total. The van der Waals surface area contributed by atoms with Gasteiger partial charge >= 0.3 is 0 Å². The Labute approximate surface area is 293 Å². The minimum Gasteiger partial charge on any atom is -0.494 e. The Hall–Kier alpha value is -6.00. The zero-order valence-corrected chi connectivity index (χ0v) is 28.2. The van der Waals surface area contributed by atoms with Gasteiger partial charge in [-0.3, -0.25) is 9.59 Å². The van der Waals surface area contributed by atoms with Gasteiger partial charge in [-0.25, -0.2) is 4.68 Å². The summed E-state index contributed by atoms with van der Waals surface area (Å²) in [5.41, 5.74) is 4.51. The molecule has 0 unspecified atom stereocenters. The van der Waals surface area contributed by atoms with Crippen LogP contribution in [-0.2, 0) is 17.7 Å². The highest BCUT2D eigenvalue weighted by Crippen LogP contribution is 2.26. The third kappa shape index (κ3) is 8.42. The number of benzene rings is 4. The molecule has 0 aliphatic rings. The van der Waals surface area contributed by atoms with Crippen LogP contribution in [0.5, 0.6) is 11.5 Å². The van der Waals surface area contributed by atoms with Crippen LogP contribution in [0.1, 0.15) is 24.1 Å². The number of fused-ring (bicyclic) bond motifs is 2. The molecule has 258 valence electrons. The van der Waals surface area contributed by atoms with Crippen LogP contribution >= 0.6 is 0 Å². The molecule has 0 aliphatic heterocycles. The molecule has 3 aromatic heterocycles. The first-order chi connectivity index (χ1) is 25.0. The average molecular weight is 684 g/mol. The van der Waals surface area contributed by atoms with Crippen molar-refractivity contribution >= 4 is 21.9 Å². The molecule has 0 radical (unpaired) electrons. The molecule has 0 saturated carbocycles. The van der Waals surface area contributed by atoms with E-state index in [9.17, 15) is 9.59 Å². The van der Waals surface area contributed by atoms with E-state index in [0.717, 1.165) is 47.4 Å². The molecule has 0 spiro atoms. The number of unbranched alkanes of at least 4 members (excludes halogenated alkanes) is 1. The summed E-state index contributed by atoms with van der Waals surface area (Å²) in [6, 6.07) is 31.0. The van der Waals surface area contributed by atoms with Crippen molar-refractivity contribution in [2.45, 2.75) is 32.7 Å². The summed E-state index contributed by atoms with van der Waals surface area (Å²) >= 11 is 0. The van der Waals surface area contributed by atoms with Crippen LogP contribution in [0.15, 0.2) is 128 Å². The van der Waals surface area contributed by atoms with Crippen LogP contribution < -0.4 is 20.3 Å². The molecule has 0 aliphatic carbocycles. The number of hydrogen-bond acceptors (Lipinski definition) is 9. The smallest absolute Gasteiger partial charge is 0.193 e. The third-order valence-corrected chi connectivity index (χ3v) is 8.42. The maximum absolute atomic E-state index is 12.6. The number of hydrogen-bond donors (Lipinski definition) is 0. The SMILES string of the molecule is Cc1ccc2oc(-c3ccc(OCCCCc4cn(CCOCCOc5ccc6c(=O)cc(-c7ccccc7)oc6c5)nn4)cc3)cc(=O)c2c1. The van der Waals surface area contributed by atoms with Gasteiger partial charge in [0.05, 0.1) is 42.8 Å². The third-order valence-electron chi connectivity index (χ3n) is 8.42. The molecule has 0 atom stereocenters. The first kappa shape index (κ1) is 33.5. The molecule has 0 amide bonds. The van der Waals surface area contributed by atoms with E-state index in [-0.39, 0.29) is 10.9 Å². The number of rotatable bonds is 15. The van der Waals surface area contributed by atoms with Gasteiger partial charge in [0.2, 0.25) is 0 Å². The fraction of sp³-hybridized carbons (Fsp3) is 0.220. The first-order valence-corrected chi connectivity index (χ1v) is 17.0. The fourth-order valence-electron chi connectivity index (χ4n) is 5.74. The summed E-state index contributed by atoms with van der Waals surface area (Å²) < 4.78 is 31.3. The van der Waals surface area contributed by atoms with Gasteiger partial charge in [0, 0.05) is 35.5 Å². The highest BCUT2D eigenvalue weighted by atomic mass is 16.5. The minimum atomic E-state index is -0.0967. The molecule has 51 heavy (non-hydrogen) atoms. The summed E-state index contributed by atoms with van der Waals surface area (Å²) in [4.78, 5) is 25.2. The zero-order chi connectivity index (χ0) is 35.0. The van der Waals surface area contributed by atoms with Crippen LogP contribution in [0.3, 0.4) is 0 Å². The molecule has 4 aromatic carbocycles. The van der Waals surface area contributed by atoms with E-state index < -0.39 is 0 Å². The van der Waals surface area contributed by atoms with E-state index in [1.165, 1.54) is 12.1 Å². The predicted octanol–water partition coefficient (Wildman–Crippen LogP) is 7.63. The van der Waals surface area contributed by atoms with Crippen LogP contribution in [0.2, 0.25) is 0 Å². The largest absolute Gasteiger partial charge is 0.494 e. The second-order valence-electron chi connectivity index (χ2n) is 12.2. The van der Waals surface area contributed by atoms with Gasteiger partial charge in [-0.15, -0.1) is 5.10 Å². The molecule has 3 heterocycles. The summed E-state index contributed by atoms with van der Waals surface area (Å²) in [5.74, 6) is 2.41. The summed E-state index contributed by atoms with van der Waals surface area (Å²) in [6.45, 7) is 4.34. The molecular weight excluding hydrogens is 646 g/mol. The Morgan fingerprint density at radius 2 is 1.37 bits per heavy atom. The van der Waals surface area contributed by atoms with Crippen LogP contribution in [0.4, 0.5) is 0 Å². The van der Waals surface area contributed by atoms with Gasteiger partial charge in [-0.05, 0) is 74.7 Å². The van der Waals surface area contributed by atoms with Gasteiger partial charge in [-0.1, -0.05) is 47.2 Å². The van der Waals surface area contributed by atoms with Gasteiger partial charge < -0.3 is 23.0 Å². The lowest BCUT2D eigenvalue weighted by Gasteiger charge is -2.08. The Bertz CT molecular complexity index is 2360. The van der Waals surface area contributed by atoms with Crippen molar-refractivity contribution in [1.82, 2.24) is 15.0 Å². The van der Waals surface area contributed by atoms with Gasteiger partial charge in [0.25, 0.3) is 0 Å². The van der Waals surface area contributed by atoms with E-state index in [4.69, 9.17) is 23.0 Å². The number of ether oxygens (including phenoxy) is 3. The Kier molecular flexibility index (Phi) is 10.3. The quantitative estimate of drug-likeness (QED) is 0.101. The van der Waals surface area contributed by atoms with Crippen molar-refractivity contribution < 1.29 is 23.0 Å². The monoisotopic (exact) mass is 683 g/mol. The fourth-order valence-corrected chi connectivity index (χ4v) is 5.74. The molecule has 7 rings (SSSR count). The molecule has 0 saturated heterocycles. The maximum Gasteiger partial charge on any atom is 0.193 e. The van der Waals surface area contributed by atoms with Gasteiger partial charge in [0.1, 0.15) is 40.8 Å². The molecule has 0 N–H and O–H groups in total. The van der Waals surface area contributed by atoms with Crippen molar-refractivity contribution in [3.8, 4) is 34.1 Å². The minimum absolute atomic E-state index is 0.0549. The van der Waals surface area contributed by atoms with E-state index >= 15 is 0 Å². The van der Waals surface area contributed by atoms with E-state index in [1.54, 1.807) is 22.9 Å². The topological polar surface area (TPSA) is 119 Å². The van der Waals surface area contributed by atoms with Gasteiger partial charge in [0.15, 0.2) is 10.9 Å². The Morgan fingerprint density at radius 1 is 0.647 bits per heavy atom. The highest BCUT2D eigenvalue weighted by molar-refractivity contribution is 5.80. The second-order valence-corrected chi connectivity index (χ2v) is 12.2. The molecule has 10 heteroatoms. The molecule has 7 aromatic rings. The van der Waals surface area contributed by atoms with Crippen LogP contribution in [0.25, 0.3) is 44.6 Å². The number of aryl methyl sites for hydroxylation is 2. The summed E-state index contributed by atoms with van der Waals surface area (Å²) in [7, 11) is 0. The zero-order valence-electron chi connectivity index (χ0n) is 28.2. The molecule has 0 fully saturated rings. The Morgan fingerprint density at radius 3 is 2.20 bits per heavy atom. The highest BCUT2D eigenvalue weighted by Gasteiger charge is 2.10. The van der Waals surface area contributed by atoms with Crippen LogP contribution in [0, 0.1) is 6.92 Å². The average Bonchev–Trinajstić information content (AvgIpc) is 3.61. The number of nitrogens with zero attached hydrogens (tertiary/aromatic N) is 3. The molecular formula is C41H37N3O7. The van der Waals surface area contributed by atoms with E-state index in [1.807, 2.05) is 85.9 Å². The van der Waals surface area contributed by atoms with E-state index in [0.29, 0.717) is 72.2 Å². The predicted molar refractivity (Wildman–Crippen MR) is 195 cm³/mol. The van der Waals surface area contributed by atoms with Crippen molar-refractivity contribution in [1.29, 1.82) is 0 Å². The number of aromatic nitrogens is 3. The van der Waals surface area contributed by atoms with Crippen molar-refractivity contribution in [2.75, 3.05) is 26.4 Å². The standard InChI is InChI=1S/C41H37N3O7/c1-28-10-17-38-35(23-28)37(46)26-40(50-38)30-11-13-32(14-12-30)48-19-6-5-9-31-27-44(43-42-31)18-20-47-21-22-49-33-15-16-34-36(45)25-39(51-41(34)24-33)29-7-3-2-4-8-29/h2-4,7-8,10-17,23-27H,5-6,9,18-22H2,1H3. The maximum atomic E-state index is 12.6. The lowest BCUT2D eigenvalue weighted by Crippen LogP contribution is -2.12. The summed E-state index contributed by atoms with van der Waals surface area (Å²) in [6.07, 6.45) is 4.53. The lowest BCUT2D eigenvalue weighted by atomic mass is 10.1. The second kappa shape index (κ2) is 15.7.